The van der Waals surface area contributed by atoms with Crippen molar-refractivity contribution in [1.29, 1.82) is 0 Å². The average Bonchev–Trinajstić information content (AvgIpc) is 2.69. The fraction of sp³-hybridized carbons (Fsp3) is 0.429. The van der Waals surface area contributed by atoms with E-state index in [2.05, 4.69) is 13.2 Å². The highest BCUT2D eigenvalue weighted by molar-refractivity contribution is 5.87. The van der Waals surface area contributed by atoms with Gasteiger partial charge in [-0.05, 0) is 19.4 Å². The maximum absolute atomic E-state index is 14.5. The molecule has 2 rings (SSSR count). The molecule has 0 spiro atoms. The lowest BCUT2D eigenvalue weighted by molar-refractivity contribution is -0.213. The number of rotatable bonds is 8. The number of carbonyl (C=O) groups is 2. The van der Waals surface area contributed by atoms with Gasteiger partial charge < -0.3 is 18.9 Å². The van der Waals surface area contributed by atoms with E-state index in [1.54, 1.807) is 0 Å². The van der Waals surface area contributed by atoms with E-state index in [0.717, 1.165) is 0 Å². The summed E-state index contributed by atoms with van der Waals surface area (Å²) in [6.07, 6.45) is -1.04. The van der Waals surface area contributed by atoms with Gasteiger partial charge in [-0.25, -0.2) is 18.4 Å². The van der Waals surface area contributed by atoms with Gasteiger partial charge in [0.05, 0.1) is 26.4 Å². The molecule has 1 aromatic rings. The molecule has 0 atom stereocenters. The van der Waals surface area contributed by atoms with Gasteiger partial charge in [-0.2, -0.15) is 0 Å². The number of halogens is 2. The van der Waals surface area contributed by atoms with Crippen LogP contribution in [0.4, 0.5) is 8.78 Å². The molecule has 0 aromatic heterocycles. The largest absolute Gasteiger partial charge is 0.462 e. The lowest BCUT2D eigenvalue weighted by atomic mass is 10.1. The summed E-state index contributed by atoms with van der Waals surface area (Å²) in [6.45, 7) is 10.3. The highest BCUT2D eigenvalue weighted by atomic mass is 19.2. The summed E-state index contributed by atoms with van der Waals surface area (Å²) < 4.78 is 49.7. The Bertz CT molecular complexity index is 797. The number of esters is 2. The molecular weight excluding hydrogens is 386 g/mol. The fourth-order valence-electron chi connectivity index (χ4n) is 2.49. The van der Waals surface area contributed by atoms with E-state index >= 15 is 0 Å². The molecule has 1 aromatic carbocycles. The van der Waals surface area contributed by atoms with E-state index < -0.39 is 29.9 Å². The Morgan fingerprint density at radius 1 is 1.03 bits per heavy atom. The zero-order valence-electron chi connectivity index (χ0n) is 16.5. The van der Waals surface area contributed by atoms with E-state index in [9.17, 15) is 18.4 Å². The summed E-state index contributed by atoms with van der Waals surface area (Å²) in [5.74, 6) is -3.44. The van der Waals surface area contributed by atoms with Gasteiger partial charge in [0.25, 0.3) is 0 Å². The van der Waals surface area contributed by atoms with Crippen LogP contribution >= 0.6 is 0 Å². The van der Waals surface area contributed by atoms with E-state index in [0.29, 0.717) is 0 Å². The van der Waals surface area contributed by atoms with Crippen LogP contribution in [0.5, 0.6) is 0 Å². The van der Waals surface area contributed by atoms with Crippen molar-refractivity contribution in [3.63, 3.8) is 0 Å². The molecule has 0 N–H and O–H groups in total. The second-order valence-electron chi connectivity index (χ2n) is 6.85. The fourth-order valence-corrected chi connectivity index (χ4v) is 2.49. The lowest BCUT2D eigenvalue weighted by Gasteiger charge is -2.29. The smallest absolute Gasteiger partial charge is 0.333 e. The molecule has 6 nitrogen and oxygen atoms in total. The van der Waals surface area contributed by atoms with Gasteiger partial charge in [0.15, 0.2) is 17.9 Å². The number of hydrogen-bond donors (Lipinski definition) is 0. The van der Waals surface area contributed by atoms with Crippen LogP contribution in [0.2, 0.25) is 0 Å². The molecule has 0 radical (unpaired) electrons. The zero-order chi connectivity index (χ0) is 21.6. The summed E-state index contributed by atoms with van der Waals surface area (Å²) >= 11 is 0. The third kappa shape index (κ3) is 6.20. The molecule has 1 aliphatic heterocycles. The molecule has 1 aliphatic rings. The van der Waals surface area contributed by atoms with Crippen molar-refractivity contribution in [1.82, 2.24) is 0 Å². The third-order valence-electron chi connectivity index (χ3n) is 4.16. The number of ether oxygens (including phenoxy) is 4. The third-order valence-corrected chi connectivity index (χ3v) is 4.16. The Balaban J connectivity index is 1.91. The summed E-state index contributed by atoms with van der Waals surface area (Å²) in [7, 11) is 0. The van der Waals surface area contributed by atoms with Crippen LogP contribution in [0.25, 0.3) is 0 Å². The maximum Gasteiger partial charge on any atom is 0.333 e. The van der Waals surface area contributed by atoms with Crippen molar-refractivity contribution in [2.75, 3.05) is 26.4 Å². The number of hydrogen-bond acceptors (Lipinski definition) is 6. The highest BCUT2D eigenvalue weighted by Gasteiger charge is 2.28. The molecule has 1 heterocycles. The van der Waals surface area contributed by atoms with Crippen LogP contribution in [0.1, 0.15) is 31.3 Å². The van der Waals surface area contributed by atoms with Crippen molar-refractivity contribution in [3.05, 3.63) is 59.2 Å². The van der Waals surface area contributed by atoms with E-state index in [4.69, 9.17) is 18.9 Å². The Labute approximate surface area is 168 Å². The van der Waals surface area contributed by atoms with Crippen LogP contribution in [0, 0.1) is 17.6 Å². The summed E-state index contributed by atoms with van der Waals surface area (Å²) in [5, 5.41) is 0. The first-order valence-corrected chi connectivity index (χ1v) is 9.06. The van der Waals surface area contributed by atoms with Crippen LogP contribution in [0.15, 0.2) is 36.4 Å². The van der Waals surface area contributed by atoms with Crippen molar-refractivity contribution < 1.29 is 37.3 Å². The predicted molar refractivity (Wildman–Crippen MR) is 99.7 cm³/mol. The Kier molecular flexibility index (Phi) is 8.04. The SMILES string of the molecule is C=C(C)C(=O)OCCc1ccc(C2OCC(COC(=O)C(=C)C)CO2)c(F)c1F. The van der Waals surface area contributed by atoms with Gasteiger partial charge in [0.2, 0.25) is 0 Å². The van der Waals surface area contributed by atoms with Crippen LogP contribution in [-0.2, 0) is 35.0 Å². The minimum atomic E-state index is -1.08. The predicted octanol–water partition coefficient (Wildman–Crippen LogP) is 3.41. The molecule has 158 valence electrons. The topological polar surface area (TPSA) is 71.1 Å². The quantitative estimate of drug-likeness (QED) is 0.483. The summed E-state index contributed by atoms with van der Waals surface area (Å²) in [6, 6.07) is 2.77. The van der Waals surface area contributed by atoms with Crippen LogP contribution < -0.4 is 0 Å². The van der Waals surface area contributed by atoms with E-state index in [1.165, 1.54) is 26.0 Å². The number of carbonyl (C=O) groups excluding carboxylic acids is 2. The standard InChI is InChI=1S/C21H24F2O6/c1-12(2)19(24)26-8-7-15-5-6-16(18(23)17(15)22)21-28-10-14(11-29-21)9-27-20(25)13(3)4/h5-6,14,21H,1,3,7-11H2,2,4H3. The first-order valence-electron chi connectivity index (χ1n) is 9.06. The van der Waals surface area contributed by atoms with Gasteiger partial charge in [-0.15, -0.1) is 0 Å². The Morgan fingerprint density at radius 3 is 2.21 bits per heavy atom. The van der Waals surface area contributed by atoms with Crippen molar-refractivity contribution >= 4 is 11.9 Å². The van der Waals surface area contributed by atoms with Gasteiger partial charge in [0.1, 0.15) is 0 Å². The van der Waals surface area contributed by atoms with Crippen molar-refractivity contribution in [3.8, 4) is 0 Å². The van der Waals surface area contributed by atoms with E-state index in [-0.39, 0.29) is 61.0 Å². The second kappa shape index (κ2) is 10.3. The normalized spacial score (nSPS) is 18.8. The maximum atomic E-state index is 14.5. The highest BCUT2D eigenvalue weighted by Crippen LogP contribution is 2.29. The minimum absolute atomic E-state index is 0.0184. The molecule has 1 saturated heterocycles. The molecule has 29 heavy (non-hydrogen) atoms. The van der Waals surface area contributed by atoms with Gasteiger partial charge in [0, 0.05) is 29.0 Å². The summed E-state index contributed by atoms with van der Waals surface area (Å²) in [4.78, 5) is 22.7. The van der Waals surface area contributed by atoms with Crippen LogP contribution in [-0.4, -0.2) is 38.4 Å². The minimum Gasteiger partial charge on any atom is -0.462 e. The average molecular weight is 410 g/mol. The first-order chi connectivity index (χ1) is 13.7. The molecule has 0 aliphatic carbocycles. The monoisotopic (exact) mass is 410 g/mol. The van der Waals surface area contributed by atoms with Crippen LogP contribution in [0.3, 0.4) is 0 Å². The lowest BCUT2D eigenvalue weighted by Crippen LogP contribution is -2.31. The van der Waals surface area contributed by atoms with E-state index in [1.807, 2.05) is 0 Å². The Morgan fingerprint density at radius 2 is 1.62 bits per heavy atom. The van der Waals surface area contributed by atoms with Crippen molar-refractivity contribution in [2.45, 2.75) is 26.6 Å². The molecule has 0 bridgehead atoms. The number of benzene rings is 1. The molecule has 1 fully saturated rings. The van der Waals surface area contributed by atoms with Gasteiger partial charge in [-0.1, -0.05) is 25.3 Å². The van der Waals surface area contributed by atoms with Gasteiger partial charge in [-0.3, -0.25) is 0 Å². The van der Waals surface area contributed by atoms with Gasteiger partial charge >= 0.3 is 11.9 Å². The first kappa shape index (κ1) is 22.7. The van der Waals surface area contributed by atoms with Crippen molar-refractivity contribution in [2.24, 2.45) is 5.92 Å². The Hall–Kier alpha value is -2.58. The molecule has 0 saturated carbocycles. The summed E-state index contributed by atoms with van der Waals surface area (Å²) in [5.41, 5.74) is 0.516. The molecule has 0 unspecified atom stereocenters. The molecular formula is C21H24F2O6. The second-order valence-corrected chi connectivity index (χ2v) is 6.85. The zero-order valence-corrected chi connectivity index (χ0v) is 16.5. The molecule has 0 amide bonds. The molecule has 8 heteroatoms.